The van der Waals surface area contributed by atoms with Crippen LogP contribution in [0.3, 0.4) is 0 Å². The van der Waals surface area contributed by atoms with Gasteiger partial charge < -0.3 is 10.6 Å². The Bertz CT molecular complexity index is 778. The summed E-state index contributed by atoms with van der Waals surface area (Å²) in [6.07, 6.45) is 2.52. The number of carbonyl (C=O) groups is 2. The van der Waals surface area contributed by atoms with Crippen LogP contribution in [-0.4, -0.2) is 29.9 Å². The topological polar surface area (TPSA) is 58.2 Å². The van der Waals surface area contributed by atoms with Crippen molar-refractivity contribution in [2.45, 2.75) is 26.3 Å². The number of carbonyl (C=O) groups excluding carboxylic acids is 2. The Kier molecular flexibility index (Phi) is 7.54. The summed E-state index contributed by atoms with van der Waals surface area (Å²) in [6, 6.07) is 11.8. The molecule has 0 bridgehead atoms. The first-order chi connectivity index (χ1) is 12.4. The molecule has 0 fully saturated rings. The van der Waals surface area contributed by atoms with Crippen LogP contribution in [-0.2, 0) is 4.79 Å². The molecule has 2 aromatic rings. The van der Waals surface area contributed by atoms with E-state index in [9.17, 15) is 9.59 Å². The average molecular weight is 391 g/mol. The summed E-state index contributed by atoms with van der Waals surface area (Å²) in [5, 5.41) is 6.29. The fraction of sp³-hybridized carbons (Fsp3) is 0.300. The van der Waals surface area contributed by atoms with E-state index in [2.05, 4.69) is 10.6 Å². The monoisotopic (exact) mass is 390 g/mol. The molecule has 2 aromatic carbocycles. The van der Waals surface area contributed by atoms with Crippen LogP contribution in [0.1, 0.15) is 27.9 Å². The van der Waals surface area contributed by atoms with Gasteiger partial charge >= 0.3 is 0 Å². The minimum Gasteiger partial charge on any atom is -0.340 e. The van der Waals surface area contributed by atoms with Gasteiger partial charge in [-0.05, 0) is 79.8 Å². The summed E-state index contributed by atoms with van der Waals surface area (Å²) in [4.78, 5) is 25.1. The molecule has 0 saturated carbocycles. The molecule has 138 valence electrons. The highest BCUT2D eigenvalue weighted by Gasteiger charge is 2.21. The number of anilines is 1. The second kappa shape index (κ2) is 9.64. The van der Waals surface area contributed by atoms with Gasteiger partial charge in [0.15, 0.2) is 0 Å². The van der Waals surface area contributed by atoms with Crippen LogP contribution < -0.4 is 10.6 Å². The molecule has 2 amide bonds. The lowest BCUT2D eigenvalue weighted by molar-refractivity contribution is -0.118. The van der Waals surface area contributed by atoms with Crippen molar-refractivity contribution in [3.8, 4) is 0 Å². The molecule has 0 aliphatic rings. The largest absolute Gasteiger partial charge is 0.340 e. The number of thioether (sulfide) groups is 1. The maximum atomic E-state index is 12.7. The SMILES string of the molecule is CSCC[C@H](NC(=O)c1ccc(Cl)cc1)C(=O)Nc1ccc(C)c(C)c1. The molecule has 6 heteroatoms. The molecular weight excluding hydrogens is 368 g/mol. The number of benzene rings is 2. The smallest absolute Gasteiger partial charge is 0.251 e. The maximum Gasteiger partial charge on any atom is 0.251 e. The highest BCUT2D eigenvalue weighted by atomic mass is 35.5. The number of amides is 2. The molecule has 2 rings (SSSR count). The van der Waals surface area contributed by atoms with Gasteiger partial charge in [-0.3, -0.25) is 9.59 Å². The zero-order valence-corrected chi connectivity index (χ0v) is 16.7. The Morgan fingerprint density at radius 2 is 1.77 bits per heavy atom. The van der Waals surface area contributed by atoms with E-state index in [0.717, 1.165) is 22.6 Å². The highest BCUT2D eigenvalue weighted by Crippen LogP contribution is 2.15. The molecular formula is C20H23ClN2O2S. The van der Waals surface area contributed by atoms with Gasteiger partial charge in [0.05, 0.1) is 0 Å². The van der Waals surface area contributed by atoms with Crippen LogP contribution in [0.15, 0.2) is 42.5 Å². The third kappa shape index (κ3) is 5.78. The predicted molar refractivity (Wildman–Crippen MR) is 110 cm³/mol. The standard InChI is InChI=1S/C20H23ClN2O2S/c1-13-4-9-17(12-14(13)2)22-20(25)18(10-11-26-3)23-19(24)15-5-7-16(21)8-6-15/h4-9,12,18H,10-11H2,1-3H3,(H,22,25)(H,23,24)/t18-/m0/s1. The number of aryl methyl sites for hydroxylation is 2. The van der Waals surface area contributed by atoms with E-state index in [0.29, 0.717) is 17.0 Å². The summed E-state index contributed by atoms with van der Waals surface area (Å²) in [6.45, 7) is 4.02. The molecule has 0 aliphatic carbocycles. The number of nitrogens with one attached hydrogen (secondary N) is 2. The third-order valence-electron chi connectivity index (χ3n) is 4.11. The van der Waals surface area contributed by atoms with Gasteiger partial charge in [-0.2, -0.15) is 11.8 Å². The molecule has 0 aliphatic heterocycles. The molecule has 0 radical (unpaired) electrons. The molecule has 1 atom stereocenters. The van der Waals surface area contributed by atoms with E-state index in [1.807, 2.05) is 38.3 Å². The lowest BCUT2D eigenvalue weighted by atomic mass is 10.1. The van der Waals surface area contributed by atoms with E-state index in [1.165, 1.54) is 0 Å². The van der Waals surface area contributed by atoms with Crippen molar-refractivity contribution >= 4 is 40.9 Å². The first-order valence-corrected chi connectivity index (χ1v) is 10.1. The number of rotatable bonds is 7. The van der Waals surface area contributed by atoms with Gasteiger partial charge in [0, 0.05) is 16.3 Å². The normalized spacial score (nSPS) is 11.7. The minimum absolute atomic E-state index is 0.218. The van der Waals surface area contributed by atoms with Crippen molar-refractivity contribution in [2.24, 2.45) is 0 Å². The Morgan fingerprint density at radius 1 is 1.08 bits per heavy atom. The first kappa shape index (κ1) is 20.3. The van der Waals surface area contributed by atoms with Crippen molar-refractivity contribution < 1.29 is 9.59 Å². The molecule has 0 unspecified atom stereocenters. The van der Waals surface area contributed by atoms with E-state index in [1.54, 1.807) is 36.0 Å². The van der Waals surface area contributed by atoms with Gasteiger partial charge in [0.1, 0.15) is 6.04 Å². The predicted octanol–water partition coefficient (Wildman–Crippen LogP) is 4.45. The lowest BCUT2D eigenvalue weighted by Crippen LogP contribution is -2.44. The fourth-order valence-electron chi connectivity index (χ4n) is 2.40. The van der Waals surface area contributed by atoms with Crippen LogP contribution in [0.2, 0.25) is 5.02 Å². The van der Waals surface area contributed by atoms with Crippen molar-refractivity contribution in [1.82, 2.24) is 5.32 Å². The van der Waals surface area contributed by atoms with Crippen LogP contribution in [0.4, 0.5) is 5.69 Å². The summed E-state index contributed by atoms with van der Waals surface area (Å²) >= 11 is 7.49. The number of hydrogen-bond acceptors (Lipinski definition) is 3. The van der Waals surface area contributed by atoms with Crippen molar-refractivity contribution in [2.75, 3.05) is 17.3 Å². The van der Waals surface area contributed by atoms with Crippen LogP contribution in [0, 0.1) is 13.8 Å². The van der Waals surface area contributed by atoms with Crippen LogP contribution >= 0.6 is 23.4 Å². The van der Waals surface area contributed by atoms with E-state index in [-0.39, 0.29) is 11.8 Å². The molecule has 2 N–H and O–H groups in total. The molecule has 0 saturated heterocycles. The number of hydrogen-bond donors (Lipinski definition) is 2. The fourth-order valence-corrected chi connectivity index (χ4v) is 2.99. The first-order valence-electron chi connectivity index (χ1n) is 8.34. The van der Waals surface area contributed by atoms with Crippen molar-refractivity contribution in [3.05, 3.63) is 64.2 Å². The lowest BCUT2D eigenvalue weighted by Gasteiger charge is -2.18. The van der Waals surface area contributed by atoms with Gasteiger partial charge in [-0.25, -0.2) is 0 Å². The van der Waals surface area contributed by atoms with Gasteiger partial charge in [0.2, 0.25) is 5.91 Å². The Morgan fingerprint density at radius 3 is 2.38 bits per heavy atom. The van der Waals surface area contributed by atoms with Crippen molar-refractivity contribution in [3.63, 3.8) is 0 Å². The van der Waals surface area contributed by atoms with Gasteiger partial charge in [0.25, 0.3) is 5.91 Å². The zero-order chi connectivity index (χ0) is 19.1. The third-order valence-corrected chi connectivity index (χ3v) is 5.01. The van der Waals surface area contributed by atoms with Gasteiger partial charge in [-0.15, -0.1) is 0 Å². The van der Waals surface area contributed by atoms with Gasteiger partial charge in [-0.1, -0.05) is 17.7 Å². The molecule has 0 heterocycles. The summed E-state index contributed by atoms with van der Waals surface area (Å²) in [7, 11) is 0. The molecule has 4 nitrogen and oxygen atoms in total. The Labute approximate surface area is 163 Å². The quantitative estimate of drug-likeness (QED) is 0.734. The summed E-state index contributed by atoms with van der Waals surface area (Å²) in [5.41, 5.74) is 3.47. The van der Waals surface area contributed by atoms with E-state index < -0.39 is 6.04 Å². The molecule has 26 heavy (non-hydrogen) atoms. The summed E-state index contributed by atoms with van der Waals surface area (Å²) in [5.74, 6) is 0.263. The highest BCUT2D eigenvalue weighted by molar-refractivity contribution is 7.98. The second-order valence-corrected chi connectivity index (χ2v) is 7.52. The van der Waals surface area contributed by atoms with E-state index >= 15 is 0 Å². The molecule has 0 spiro atoms. The minimum atomic E-state index is -0.604. The van der Waals surface area contributed by atoms with E-state index in [4.69, 9.17) is 11.6 Å². The molecule has 0 aromatic heterocycles. The second-order valence-electron chi connectivity index (χ2n) is 6.10. The summed E-state index contributed by atoms with van der Waals surface area (Å²) < 4.78 is 0. The van der Waals surface area contributed by atoms with Crippen LogP contribution in [0.5, 0.6) is 0 Å². The Balaban J connectivity index is 2.09. The maximum absolute atomic E-state index is 12.7. The Hall–Kier alpha value is -1.98. The van der Waals surface area contributed by atoms with Crippen molar-refractivity contribution in [1.29, 1.82) is 0 Å². The van der Waals surface area contributed by atoms with Crippen LogP contribution in [0.25, 0.3) is 0 Å². The average Bonchev–Trinajstić information content (AvgIpc) is 2.62. The number of halogens is 1. The zero-order valence-electron chi connectivity index (χ0n) is 15.1.